The maximum absolute atomic E-state index is 3.80. The first-order chi connectivity index (χ1) is 9.51. The van der Waals surface area contributed by atoms with E-state index >= 15 is 0 Å². The molecule has 2 rings (SSSR count). The summed E-state index contributed by atoms with van der Waals surface area (Å²) in [4.78, 5) is 0. The third-order valence-electron chi connectivity index (χ3n) is 3.49. The molecule has 1 aromatic carbocycles. The van der Waals surface area contributed by atoms with Gasteiger partial charge < -0.3 is 9.88 Å². The predicted octanol–water partition coefficient (Wildman–Crippen LogP) is 4.50. The molecule has 108 valence electrons. The van der Waals surface area contributed by atoms with Crippen molar-refractivity contribution in [1.29, 1.82) is 0 Å². The van der Waals surface area contributed by atoms with E-state index in [1.165, 1.54) is 16.5 Å². The van der Waals surface area contributed by atoms with E-state index in [-0.39, 0.29) is 5.54 Å². The summed E-state index contributed by atoms with van der Waals surface area (Å²) in [6, 6.07) is 8.78. The quantitative estimate of drug-likeness (QED) is 0.604. The minimum Gasteiger partial charge on any atom is -0.347 e. The molecule has 0 fully saturated rings. The zero-order chi connectivity index (χ0) is 14.6. The van der Waals surface area contributed by atoms with Gasteiger partial charge >= 0.3 is 0 Å². The zero-order valence-corrected chi connectivity index (χ0v) is 12.9. The first-order valence-electron chi connectivity index (χ1n) is 7.44. The predicted molar refractivity (Wildman–Crippen MR) is 88.0 cm³/mol. The van der Waals surface area contributed by atoms with Crippen molar-refractivity contribution in [2.45, 2.75) is 52.2 Å². The SMILES string of the molecule is C=CCCCn1ccc2cccc(CNC(C)(C)C)c21. The van der Waals surface area contributed by atoms with E-state index in [9.17, 15) is 0 Å². The summed E-state index contributed by atoms with van der Waals surface area (Å²) < 4.78 is 2.37. The largest absolute Gasteiger partial charge is 0.347 e. The molecule has 0 radical (unpaired) electrons. The van der Waals surface area contributed by atoms with Crippen LogP contribution in [0.25, 0.3) is 10.9 Å². The maximum Gasteiger partial charge on any atom is 0.0525 e. The van der Waals surface area contributed by atoms with E-state index in [1.54, 1.807) is 0 Å². The third-order valence-corrected chi connectivity index (χ3v) is 3.49. The molecule has 1 aromatic heterocycles. The molecule has 0 saturated heterocycles. The Labute approximate surface area is 122 Å². The van der Waals surface area contributed by atoms with Gasteiger partial charge in [0.2, 0.25) is 0 Å². The molecule has 0 aliphatic heterocycles. The third kappa shape index (κ3) is 3.73. The lowest BCUT2D eigenvalue weighted by Crippen LogP contribution is -2.35. The van der Waals surface area contributed by atoms with Gasteiger partial charge in [-0.15, -0.1) is 6.58 Å². The molecule has 0 unspecified atom stereocenters. The van der Waals surface area contributed by atoms with E-state index in [2.05, 4.69) is 67.7 Å². The molecule has 0 saturated carbocycles. The Morgan fingerprint density at radius 2 is 2.05 bits per heavy atom. The van der Waals surface area contributed by atoms with Gasteiger partial charge in [0.15, 0.2) is 0 Å². The summed E-state index contributed by atoms with van der Waals surface area (Å²) in [6.07, 6.45) is 6.42. The van der Waals surface area contributed by atoms with Crippen LogP contribution in [0.2, 0.25) is 0 Å². The first kappa shape index (κ1) is 14.9. The molecule has 0 bridgehead atoms. The number of rotatable bonds is 6. The van der Waals surface area contributed by atoms with Crippen LogP contribution >= 0.6 is 0 Å². The Hall–Kier alpha value is -1.54. The summed E-state index contributed by atoms with van der Waals surface area (Å²) in [5.41, 5.74) is 2.89. The Bertz CT molecular complexity index is 573. The molecular weight excluding hydrogens is 244 g/mol. The number of fused-ring (bicyclic) bond motifs is 1. The van der Waals surface area contributed by atoms with Gasteiger partial charge in [0, 0.05) is 24.8 Å². The van der Waals surface area contributed by atoms with Crippen LogP contribution < -0.4 is 5.32 Å². The molecular formula is C18H26N2. The topological polar surface area (TPSA) is 17.0 Å². The number of hydrogen-bond donors (Lipinski definition) is 1. The maximum atomic E-state index is 3.80. The lowest BCUT2D eigenvalue weighted by Gasteiger charge is -2.21. The summed E-state index contributed by atoms with van der Waals surface area (Å²) in [6.45, 7) is 12.4. The molecule has 0 aliphatic rings. The average Bonchev–Trinajstić information content (AvgIpc) is 2.80. The van der Waals surface area contributed by atoms with Gasteiger partial charge in [-0.3, -0.25) is 0 Å². The Kier molecular flexibility index (Phi) is 4.66. The molecule has 0 spiro atoms. The molecule has 1 heterocycles. The van der Waals surface area contributed by atoms with Gasteiger partial charge in [0.05, 0.1) is 5.52 Å². The van der Waals surface area contributed by atoms with E-state index in [4.69, 9.17) is 0 Å². The van der Waals surface area contributed by atoms with Gasteiger partial charge in [0.25, 0.3) is 0 Å². The van der Waals surface area contributed by atoms with Crippen molar-refractivity contribution < 1.29 is 0 Å². The van der Waals surface area contributed by atoms with Crippen LogP contribution in [-0.2, 0) is 13.1 Å². The molecule has 0 atom stereocenters. The minimum absolute atomic E-state index is 0.141. The molecule has 2 aromatic rings. The van der Waals surface area contributed by atoms with Gasteiger partial charge in [-0.05, 0) is 50.6 Å². The Morgan fingerprint density at radius 3 is 2.75 bits per heavy atom. The highest BCUT2D eigenvalue weighted by molar-refractivity contribution is 5.83. The average molecular weight is 270 g/mol. The van der Waals surface area contributed by atoms with Crippen molar-refractivity contribution in [2.24, 2.45) is 0 Å². The number of benzene rings is 1. The molecule has 2 heteroatoms. The first-order valence-corrected chi connectivity index (χ1v) is 7.44. The van der Waals surface area contributed by atoms with Crippen LogP contribution in [-0.4, -0.2) is 10.1 Å². The smallest absolute Gasteiger partial charge is 0.0525 e. The highest BCUT2D eigenvalue weighted by Crippen LogP contribution is 2.21. The van der Waals surface area contributed by atoms with E-state index in [0.717, 1.165) is 25.9 Å². The Morgan fingerprint density at radius 1 is 1.25 bits per heavy atom. The zero-order valence-electron chi connectivity index (χ0n) is 12.9. The second-order valence-electron chi connectivity index (χ2n) is 6.40. The lowest BCUT2D eigenvalue weighted by atomic mass is 10.1. The highest BCUT2D eigenvalue weighted by Gasteiger charge is 2.11. The van der Waals surface area contributed by atoms with Crippen LogP contribution in [0.3, 0.4) is 0 Å². The fourth-order valence-electron chi connectivity index (χ4n) is 2.44. The second-order valence-corrected chi connectivity index (χ2v) is 6.40. The van der Waals surface area contributed by atoms with Crippen molar-refractivity contribution >= 4 is 10.9 Å². The van der Waals surface area contributed by atoms with Gasteiger partial charge in [-0.25, -0.2) is 0 Å². The summed E-state index contributed by atoms with van der Waals surface area (Å²) in [5, 5.41) is 4.92. The fraction of sp³-hybridized carbons (Fsp3) is 0.444. The van der Waals surface area contributed by atoms with Crippen molar-refractivity contribution in [3.63, 3.8) is 0 Å². The normalized spacial score (nSPS) is 11.9. The highest BCUT2D eigenvalue weighted by atomic mass is 15.0. The number of nitrogens with one attached hydrogen (secondary N) is 1. The van der Waals surface area contributed by atoms with Crippen molar-refractivity contribution in [2.75, 3.05) is 0 Å². The minimum atomic E-state index is 0.141. The fourth-order valence-corrected chi connectivity index (χ4v) is 2.44. The number of aryl methyl sites for hydroxylation is 1. The lowest BCUT2D eigenvalue weighted by molar-refractivity contribution is 0.424. The number of nitrogens with zero attached hydrogens (tertiary/aromatic N) is 1. The standard InChI is InChI=1S/C18H26N2/c1-5-6-7-12-20-13-11-15-9-8-10-16(17(15)20)14-19-18(2,3)4/h5,8-11,13,19H,1,6-7,12,14H2,2-4H3. The van der Waals surface area contributed by atoms with Crippen LogP contribution in [0, 0.1) is 0 Å². The Balaban J connectivity index is 2.24. The molecule has 0 amide bonds. The number of aromatic nitrogens is 1. The van der Waals surface area contributed by atoms with E-state index in [0.29, 0.717) is 0 Å². The van der Waals surface area contributed by atoms with Crippen LogP contribution in [0.4, 0.5) is 0 Å². The number of unbranched alkanes of at least 4 members (excludes halogenated alkanes) is 1. The van der Waals surface area contributed by atoms with E-state index < -0.39 is 0 Å². The van der Waals surface area contributed by atoms with E-state index in [1.807, 2.05) is 6.08 Å². The van der Waals surface area contributed by atoms with Crippen LogP contribution in [0.5, 0.6) is 0 Å². The van der Waals surface area contributed by atoms with Gasteiger partial charge in [-0.1, -0.05) is 24.3 Å². The second kappa shape index (κ2) is 6.27. The summed E-state index contributed by atoms with van der Waals surface area (Å²) in [7, 11) is 0. The molecule has 2 nitrogen and oxygen atoms in total. The van der Waals surface area contributed by atoms with Crippen molar-refractivity contribution in [1.82, 2.24) is 9.88 Å². The van der Waals surface area contributed by atoms with Crippen LogP contribution in [0.1, 0.15) is 39.2 Å². The number of para-hydroxylation sites is 1. The monoisotopic (exact) mass is 270 g/mol. The summed E-state index contributed by atoms with van der Waals surface area (Å²) >= 11 is 0. The molecule has 0 aliphatic carbocycles. The van der Waals surface area contributed by atoms with Crippen LogP contribution in [0.15, 0.2) is 43.1 Å². The summed E-state index contributed by atoms with van der Waals surface area (Å²) in [5.74, 6) is 0. The molecule has 20 heavy (non-hydrogen) atoms. The number of allylic oxidation sites excluding steroid dienone is 1. The number of hydrogen-bond acceptors (Lipinski definition) is 1. The van der Waals surface area contributed by atoms with Crippen molar-refractivity contribution in [3.8, 4) is 0 Å². The molecule has 1 N–H and O–H groups in total. The van der Waals surface area contributed by atoms with Gasteiger partial charge in [-0.2, -0.15) is 0 Å². The van der Waals surface area contributed by atoms with Gasteiger partial charge in [0.1, 0.15) is 0 Å². The van der Waals surface area contributed by atoms with Crippen molar-refractivity contribution in [3.05, 3.63) is 48.7 Å².